The monoisotopic (exact) mass is 309 g/mol. The van der Waals surface area contributed by atoms with Gasteiger partial charge in [-0.3, -0.25) is 0 Å². The van der Waals surface area contributed by atoms with E-state index in [1.54, 1.807) is 0 Å². The first-order valence-electron chi connectivity index (χ1n) is 7.98. The molecule has 2 unspecified atom stereocenters. The van der Waals surface area contributed by atoms with Crippen molar-refractivity contribution in [3.05, 3.63) is 41.0 Å². The summed E-state index contributed by atoms with van der Waals surface area (Å²) in [5.74, 6) is 0. The van der Waals surface area contributed by atoms with E-state index in [1.165, 1.54) is 0 Å². The number of benzene rings is 1. The minimum absolute atomic E-state index is 0.195. The van der Waals surface area contributed by atoms with Crippen LogP contribution in [0.25, 0.3) is 0 Å². The van der Waals surface area contributed by atoms with Gasteiger partial charge in [-0.15, -0.1) is 0 Å². The summed E-state index contributed by atoms with van der Waals surface area (Å²) in [6.07, 6.45) is 3.61. The van der Waals surface area contributed by atoms with Crippen LogP contribution in [0.4, 0.5) is 0 Å². The van der Waals surface area contributed by atoms with Gasteiger partial charge in [0.25, 0.3) is 0 Å². The van der Waals surface area contributed by atoms with Crippen molar-refractivity contribution in [2.75, 3.05) is 0 Å². The van der Waals surface area contributed by atoms with Crippen molar-refractivity contribution in [1.82, 2.24) is 0 Å². The van der Waals surface area contributed by atoms with Gasteiger partial charge < -0.3 is 14.0 Å². The van der Waals surface area contributed by atoms with Crippen LogP contribution in [0.15, 0.2) is 24.3 Å². The normalized spacial score (nSPS) is 32.2. The maximum absolute atomic E-state index is 9.61. The lowest BCUT2D eigenvalue weighted by atomic mass is 9.70. The fraction of sp³-hybridized carbons (Fsp3) is 0.500. The molecule has 23 heavy (non-hydrogen) atoms. The summed E-state index contributed by atoms with van der Waals surface area (Å²) in [7, 11) is -0.444. The second-order valence-corrected chi connectivity index (χ2v) is 7.65. The van der Waals surface area contributed by atoms with E-state index in [4.69, 9.17) is 14.0 Å². The molecule has 2 bridgehead atoms. The van der Waals surface area contributed by atoms with Gasteiger partial charge in [0, 0.05) is 5.56 Å². The first-order chi connectivity index (χ1) is 10.7. The van der Waals surface area contributed by atoms with Crippen LogP contribution in [0.2, 0.25) is 0 Å². The largest absolute Gasteiger partial charge is 0.495 e. The van der Waals surface area contributed by atoms with Crippen LogP contribution in [0.3, 0.4) is 0 Å². The predicted molar refractivity (Wildman–Crippen MR) is 87.2 cm³/mol. The average molecular weight is 309 g/mol. The number of aryl methyl sites for hydroxylation is 1. The number of rotatable bonds is 1. The molecule has 0 saturated carbocycles. The van der Waals surface area contributed by atoms with Gasteiger partial charge >= 0.3 is 7.12 Å². The van der Waals surface area contributed by atoms with E-state index in [0.717, 1.165) is 22.2 Å². The third kappa shape index (κ3) is 1.83. The summed E-state index contributed by atoms with van der Waals surface area (Å²) in [5, 5.41) is 9.61. The van der Waals surface area contributed by atoms with Crippen molar-refractivity contribution in [3.63, 3.8) is 0 Å². The molecule has 1 saturated heterocycles. The van der Waals surface area contributed by atoms with E-state index < -0.39 is 23.9 Å². The Morgan fingerprint density at radius 1 is 1.13 bits per heavy atom. The molecule has 0 spiro atoms. The first-order valence-corrected chi connectivity index (χ1v) is 7.98. The fourth-order valence-electron chi connectivity index (χ4n) is 3.55. The van der Waals surface area contributed by atoms with Crippen LogP contribution >= 0.6 is 0 Å². The van der Waals surface area contributed by atoms with Gasteiger partial charge in [0.1, 0.15) is 12.2 Å². The molecule has 0 amide bonds. The Morgan fingerprint density at radius 2 is 1.78 bits per heavy atom. The molecule has 118 valence electrons. The lowest BCUT2D eigenvalue weighted by molar-refractivity contribution is 0.00578. The van der Waals surface area contributed by atoms with Crippen LogP contribution in [0.5, 0.6) is 0 Å². The quantitative estimate of drug-likeness (QED) is 0.591. The molecule has 0 radical (unpaired) electrons. The zero-order valence-electron chi connectivity index (χ0n) is 14.1. The van der Waals surface area contributed by atoms with Crippen LogP contribution in [0, 0.1) is 18.3 Å². The van der Waals surface area contributed by atoms with Gasteiger partial charge in [0.2, 0.25) is 0 Å². The Morgan fingerprint density at radius 3 is 2.39 bits per heavy atom. The molecule has 2 atom stereocenters. The SMILES string of the molecule is Cc1cc(B2OC(C)(C)C(C)(C)O2)c2c(c1)C1(C#N)C=CC2O1. The Bertz CT molecular complexity index is 761. The number of hydrogen-bond donors (Lipinski definition) is 0. The molecule has 4 nitrogen and oxygen atoms in total. The smallest absolute Gasteiger partial charge is 0.399 e. The molecule has 5 heteroatoms. The van der Waals surface area contributed by atoms with Gasteiger partial charge in [-0.25, -0.2) is 0 Å². The van der Waals surface area contributed by atoms with E-state index in [2.05, 4.69) is 12.1 Å². The van der Waals surface area contributed by atoms with E-state index in [9.17, 15) is 5.26 Å². The molecule has 3 heterocycles. The molecule has 0 aromatic heterocycles. The summed E-state index contributed by atoms with van der Waals surface area (Å²) in [5.41, 5.74) is 2.27. The summed E-state index contributed by atoms with van der Waals surface area (Å²) < 4.78 is 18.4. The average Bonchev–Trinajstić information content (AvgIpc) is 3.08. The Kier molecular flexibility index (Phi) is 2.78. The van der Waals surface area contributed by atoms with Crippen LogP contribution in [-0.2, 0) is 19.6 Å². The van der Waals surface area contributed by atoms with Gasteiger partial charge in [0.05, 0.1) is 11.2 Å². The molecular formula is C18H20BNO3. The van der Waals surface area contributed by atoms with E-state index in [0.29, 0.717) is 0 Å². The van der Waals surface area contributed by atoms with Crippen LogP contribution < -0.4 is 5.46 Å². The molecule has 3 aliphatic heterocycles. The summed E-state index contributed by atoms with van der Waals surface area (Å²) in [6.45, 7) is 10.2. The molecule has 1 aromatic rings. The van der Waals surface area contributed by atoms with Crippen molar-refractivity contribution < 1.29 is 14.0 Å². The minimum Gasteiger partial charge on any atom is -0.399 e. The first kappa shape index (κ1) is 15.0. The highest BCUT2D eigenvalue weighted by Crippen LogP contribution is 2.50. The molecule has 0 N–H and O–H groups in total. The number of nitrogens with zero attached hydrogens (tertiary/aromatic N) is 1. The third-order valence-corrected chi connectivity index (χ3v) is 5.53. The fourth-order valence-corrected chi connectivity index (χ4v) is 3.55. The van der Waals surface area contributed by atoms with E-state index in [1.807, 2.05) is 52.8 Å². The predicted octanol–water partition coefficient (Wildman–Crippen LogP) is 2.65. The summed E-state index contributed by atoms with van der Waals surface area (Å²) in [6, 6.07) is 6.44. The topological polar surface area (TPSA) is 51.5 Å². The maximum Gasteiger partial charge on any atom is 0.495 e. The van der Waals surface area contributed by atoms with Crippen molar-refractivity contribution in [2.24, 2.45) is 0 Å². The summed E-state index contributed by atoms with van der Waals surface area (Å²) in [4.78, 5) is 0. The zero-order chi connectivity index (χ0) is 16.6. The maximum atomic E-state index is 9.61. The number of fused-ring (bicyclic) bond motifs is 5. The van der Waals surface area contributed by atoms with Crippen molar-refractivity contribution >= 4 is 12.6 Å². The van der Waals surface area contributed by atoms with Crippen molar-refractivity contribution in [3.8, 4) is 6.07 Å². The van der Waals surface area contributed by atoms with Crippen molar-refractivity contribution in [1.29, 1.82) is 5.26 Å². The van der Waals surface area contributed by atoms with E-state index >= 15 is 0 Å². The highest BCUT2D eigenvalue weighted by atomic mass is 16.7. The Hall–Kier alpha value is -1.61. The third-order valence-electron chi connectivity index (χ3n) is 5.53. The number of nitriles is 1. The standard InChI is InChI=1S/C18H20BNO3/c1-11-8-12-15(14-6-7-18(12,10-20)21-14)13(9-11)19-22-16(2,3)17(4,5)23-19/h6-9,14H,1-5H3. The van der Waals surface area contributed by atoms with Gasteiger partial charge in [-0.2, -0.15) is 5.26 Å². The van der Waals surface area contributed by atoms with Gasteiger partial charge in [-0.05, 0) is 51.7 Å². The number of hydrogen-bond acceptors (Lipinski definition) is 4. The second-order valence-electron chi connectivity index (χ2n) is 7.65. The lowest BCUT2D eigenvalue weighted by Gasteiger charge is -2.32. The molecule has 3 aliphatic rings. The molecule has 1 fully saturated rings. The highest BCUT2D eigenvalue weighted by Gasteiger charge is 2.55. The van der Waals surface area contributed by atoms with E-state index in [-0.39, 0.29) is 6.10 Å². The highest BCUT2D eigenvalue weighted by molar-refractivity contribution is 6.62. The van der Waals surface area contributed by atoms with Gasteiger partial charge in [-0.1, -0.05) is 23.8 Å². The van der Waals surface area contributed by atoms with Crippen LogP contribution in [-0.4, -0.2) is 18.3 Å². The minimum atomic E-state index is -0.954. The van der Waals surface area contributed by atoms with Crippen LogP contribution in [0.1, 0.15) is 50.5 Å². The second kappa shape index (κ2) is 4.27. The Labute approximate surface area is 137 Å². The zero-order valence-corrected chi connectivity index (χ0v) is 14.1. The van der Waals surface area contributed by atoms with Crippen molar-refractivity contribution in [2.45, 2.75) is 57.5 Å². The molecular weight excluding hydrogens is 289 g/mol. The van der Waals surface area contributed by atoms with Gasteiger partial charge in [0.15, 0.2) is 5.60 Å². The summed E-state index contributed by atoms with van der Waals surface area (Å²) >= 11 is 0. The number of ether oxygens (including phenoxy) is 1. The Balaban J connectivity index is 1.86. The molecule has 4 rings (SSSR count). The molecule has 0 aliphatic carbocycles. The molecule has 1 aromatic carbocycles. The lowest BCUT2D eigenvalue weighted by Crippen LogP contribution is -2.41.